The number of aryl methyl sites for hydroxylation is 1. The van der Waals surface area contributed by atoms with Crippen LogP contribution in [-0.4, -0.2) is 0 Å². The summed E-state index contributed by atoms with van der Waals surface area (Å²) < 4.78 is 5.32. The van der Waals surface area contributed by atoms with Crippen molar-refractivity contribution in [1.82, 2.24) is 0 Å². The molecule has 0 amide bonds. The molecule has 1 rings (SSSR count). The van der Waals surface area contributed by atoms with Gasteiger partial charge >= 0.3 is 0 Å². The van der Waals surface area contributed by atoms with E-state index in [4.69, 9.17) is 10.2 Å². The maximum atomic E-state index is 5.82. The van der Waals surface area contributed by atoms with Crippen molar-refractivity contribution in [2.45, 2.75) is 33.1 Å². The molecule has 0 fully saturated rings. The highest BCUT2D eigenvalue weighted by molar-refractivity contribution is 5.85. The molecular weight excluding hydrogens is 174 g/mol. The van der Waals surface area contributed by atoms with Crippen molar-refractivity contribution in [2.24, 2.45) is 0 Å². The fourth-order valence-corrected chi connectivity index (χ4v) is 1.14. The van der Waals surface area contributed by atoms with Crippen molar-refractivity contribution in [3.8, 4) is 0 Å². The van der Waals surface area contributed by atoms with Gasteiger partial charge in [-0.25, -0.2) is 0 Å². The van der Waals surface area contributed by atoms with Gasteiger partial charge in [-0.05, 0) is 6.42 Å². The van der Waals surface area contributed by atoms with Gasteiger partial charge in [0.05, 0.1) is 12.0 Å². The molecule has 0 aliphatic heterocycles. The zero-order valence-corrected chi connectivity index (χ0v) is 8.57. The Hall–Kier alpha value is -0.630. The summed E-state index contributed by atoms with van der Waals surface area (Å²) >= 11 is 0. The van der Waals surface area contributed by atoms with Crippen LogP contribution in [0.25, 0.3) is 0 Å². The fourth-order valence-electron chi connectivity index (χ4n) is 1.14. The van der Waals surface area contributed by atoms with Crippen LogP contribution < -0.4 is 5.73 Å². The molecule has 1 heterocycles. The highest BCUT2D eigenvalue weighted by Gasteiger charge is 2.11. The average Bonchev–Trinajstić information content (AvgIpc) is 2.30. The first-order valence-electron chi connectivity index (χ1n) is 4.02. The smallest absolute Gasteiger partial charge is 0.129 e. The largest absolute Gasteiger partial charge is 0.467 e. The Morgan fingerprint density at radius 3 is 2.33 bits per heavy atom. The summed E-state index contributed by atoms with van der Waals surface area (Å²) in [5.74, 6) is 1.30. The van der Waals surface area contributed by atoms with E-state index in [0.717, 1.165) is 23.4 Å². The SMILES string of the molecule is CCc1coc(C(C)C)c1N.Cl. The van der Waals surface area contributed by atoms with Gasteiger partial charge in [0.25, 0.3) is 0 Å². The molecule has 0 unspecified atom stereocenters. The van der Waals surface area contributed by atoms with E-state index in [1.54, 1.807) is 6.26 Å². The zero-order chi connectivity index (χ0) is 8.43. The number of nitrogen functional groups attached to an aromatic ring is 1. The molecule has 0 spiro atoms. The number of hydrogen-bond donors (Lipinski definition) is 1. The number of halogens is 1. The van der Waals surface area contributed by atoms with Gasteiger partial charge < -0.3 is 10.2 Å². The molecule has 70 valence electrons. The molecule has 0 saturated carbocycles. The predicted octanol–water partition coefficient (Wildman–Crippen LogP) is 2.97. The molecule has 1 aromatic heterocycles. The molecule has 2 nitrogen and oxygen atoms in total. The van der Waals surface area contributed by atoms with Gasteiger partial charge in [-0.15, -0.1) is 12.4 Å². The van der Waals surface area contributed by atoms with Gasteiger partial charge in [0.15, 0.2) is 0 Å². The van der Waals surface area contributed by atoms with Crippen molar-refractivity contribution in [3.05, 3.63) is 17.6 Å². The van der Waals surface area contributed by atoms with Crippen LogP contribution in [0, 0.1) is 0 Å². The molecule has 1 aromatic rings. The molecule has 12 heavy (non-hydrogen) atoms. The first kappa shape index (κ1) is 11.4. The van der Waals surface area contributed by atoms with Crippen LogP contribution in [0.3, 0.4) is 0 Å². The maximum Gasteiger partial charge on any atom is 0.129 e. The average molecular weight is 190 g/mol. The monoisotopic (exact) mass is 189 g/mol. The van der Waals surface area contributed by atoms with E-state index in [9.17, 15) is 0 Å². The van der Waals surface area contributed by atoms with Crippen molar-refractivity contribution in [1.29, 1.82) is 0 Å². The Balaban J connectivity index is 0.00000121. The first-order valence-corrected chi connectivity index (χ1v) is 4.02. The molecule has 0 aliphatic rings. The molecule has 0 atom stereocenters. The van der Waals surface area contributed by atoms with Crippen LogP contribution in [0.1, 0.15) is 38.0 Å². The van der Waals surface area contributed by atoms with E-state index in [-0.39, 0.29) is 12.4 Å². The van der Waals surface area contributed by atoms with Gasteiger partial charge in [0.2, 0.25) is 0 Å². The van der Waals surface area contributed by atoms with E-state index in [1.165, 1.54) is 0 Å². The first-order chi connectivity index (χ1) is 5.16. The second kappa shape index (κ2) is 4.41. The summed E-state index contributed by atoms with van der Waals surface area (Å²) in [6, 6.07) is 0. The van der Waals surface area contributed by atoms with Crippen molar-refractivity contribution >= 4 is 18.1 Å². The molecular formula is C9H16ClNO. The molecule has 0 bridgehead atoms. The minimum Gasteiger partial charge on any atom is -0.467 e. The van der Waals surface area contributed by atoms with Gasteiger partial charge in [-0.3, -0.25) is 0 Å². The van der Waals surface area contributed by atoms with Crippen molar-refractivity contribution in [3.63, 3.8) is 0 Å². The molecule has 3 heteroatoms. The summed E-state index contributed by atoms with van der Waals surface area (Å²) in [7, 11) is 0. The molecule has 0 radical (unpaired) electrons. The predicted molar refractivity (Wildman–Crippen MR) is 53.8 cm³/mol. The topological polar surface area (TPSA) is 39.2 Å². The summed E-state index contributed by atoms with van der Waals surface area (Å²) in [4.78, 5) is 0. The fraction of sp³-hybridized carbons (Fsp3) is 0.556. The van der Waals surface area contributed by atoms with Crippen LogP contribution in [-0.2, 0) is 6.42 Å². The van der Waals surface area contributed by atoms with E-state index < -0.39 is 0 Å². The normalized spacial score (nSPS) is 10.0. The molecule has 0 saturated heterocycles. The minimum absolute atomic E-state index is 0. The third-order valence-corrected chi connectivity index (χ3v) is 1.84. The van der Waals surface area contributed by atoms with Crippen LogP contribution in [0.2, 0.25) is 0 Å². The van der Waals surface area contributed by atoms with E-state index in [2.05, 4.69) is 20.8 Å². The lowest BCUT2D eigenvalue weighted by atomic mass is 10.1. The maximum absolute atomic E-state index is 5.82. The Labute approximate surface area is 79.5 Å². The van der Waals surface area contributed by atoms with E-state index >= 15 is 0 Å². The van der Waals surface area contributed by atoms with E-state index in [0.29, 0.717) is 5.92 Å². The third-order valence-electron chi connectivity index (χ3n) is 1.84. The summed E-state index contributed by atoms with van der Waals surface area (Å²) in [6.45, 7) is 6.23. The zero-order valence-electron chi connectivity index (χ0n) is 7.76. The number of rotatable bonds is 2. The summed E-state index contributed by atoms with van der Waals surface area (Å²) in [5.41, 5.74) is 7.78. The summed E-state index contributed by atoms with van der Waals surface area (Å²) in [6.07, 6.45) is 2.70. The Morgan fingerprint density at radius 1 is 1.50 bits per heavy atom. The van der Waals surface area contributed by atoms with Crippen molar-refractivity contribution < 1.29 is 4.42 Å². The minimum atomic E-state index is 0. The van der Waals surface area contributed by atoms with Gasteiger partial charge in [0, 0.05) is 11.5 Å². The molecule has 0 aliphatic carbocycles. The molecule has 0 aromatic carbocycles. The highest BCUT2D eigenvalue weighted by atomic mass is 35.5. The number of hydrogen-bond acceptors (Lipinski definition) is 2. The summed E-state index contributed by atoms with van der Waals surface area (Å²) in [5, 5.41) is 0. The number of furan rings is 1. The van der Waals surface area contributed by atoms with Gasteiger partial charge in [-0.1, -0.05) is 20.8 Å². The van der Waals surface area contributed by atoms with Crippen molar-refractivity contribution in [2.75, 3.05) is 5.73 Å². The Kier molecular flexibility index (Phi) is 4.18. The lowest BCUT2D eigenvalue weighted by Gasteiger charge is -2.00. The van der Waals surface area contributed by atoms with Crippen LogP contribution in [0.4, 0.5) is 5.69 Å². The second-order valence-corrected chi connectivity index (χ2v) is 3.05. The van der Waals surface area contributed by atoms with Gasteiger partial charge in [-0.2, -0.15) is 0 Å². The molecule has 2 N–H and O–H groups in total. The Bertz CT molecular complexity index is 243. The van der Waals surface area contributed by atoms with Crippen LogP contribution in [0.5, 0.6) is 0 Å². The number of nitrogens with two attached hydrogens (primary N) is 1. The highest BCUT2D eigenvalue weighted by Crippen LogP contribution is 2.26. The standard InChI is InChI=1S/C9H15NO.ClH/c1-4-7-5-11-9(6(2)3)8(7)10;/h5-6H,4,10H2,1-3H3;1H. The lowest BCUT2D eigenvalue weighted by molar-refractivity contribution is 0.487. The van der Waals surface area contributed by atoms with E-state index in [1.807, 2.05) is 0 Å². The lowest BCUT2D eigenvalue weighted by Crippen LogP contribution is -1.94. The third kappa shape index (κ3) is 1.95. The van der Waals surface area contributed by atoms with Crippen LogP contribution in [0.15, 0.2) is 10.7 Å². The second-order valence-electron chi connectivity index (χ2n) is 3.05. The van der Waals surface area contributed by atoms with Gasteiger partial charge in [0.1, 0.15) is 5.76 Å². The Morgan fingerprint density at radius 2 is 2.08 bits per heavy atom. The quantitative estimate of drug-likeness (QED) is 0.777. The van der Waals surface area contributed by atoms with Crippen LogP contribution >= 0.6 is 12.4 Å². The number of anilines is 1.